The second-order valence-electron chi connectivity index (χ2n) is 12.8. The SMILES string of the molecule is CNC(=O)CN(CCN(CCN(CC(=O)[O-])CC(=O)NC)CC(=O)[O-])CC(=O)[O-].CNC(=O)C[NH+](CC[NH+](CC[NH+](CC(=O)[O-])CC(=O)NC)CC(=O)[O-])CC(=O)[O-].[Ca+2].[Gd+3].[Na+]. The standard InChI is InChI=1S/2C16H29N5O8.Ca.Gd.Na/c2*1-17-12(22)7-20(10-15(26)27)5-3-19(9-14(24)25)4-6-21(11-16(28)29)8-13(23)18-2;;;/h2*3-11H2,1-2H3,(H,17,22)(H,18,23)(H,24,25)(H,26,27)(H,28,29);;;/q;;+2;+3;+1/p-3. The average Bonchev–Trinajstić information content (AvgIpc) is 3.11. The molecule has 0 saturated heterocycles. The van der Waals surface area contributed by atoms with Crippen molar-refractivity contribution in [1.29, 1.82) is 0 Å². The predicted octanol–water partition coefficient (Wildman–Crippen LogP) is -22.4. The molecule has 0 aliphatic carbocycles. The van der Waals surface area contributed by atoms with Crippen LogP contribution >= 0.6 is 0 Å². The molecule has 7 N–H and O–H groups in total. The first-order chi connectivity index (χ1) is 27.1. The molecule has 2 unspecified atom stereocenters. The first-order valence-electron chi connectivity index (χ1n) is 17.8. The molecule has 0 bridgehead atoms. The number of carbonyl (C=O) groups is 10. The number of nitrogens with zero attached hydrogens (tertiary/aromatic N) is 3. The van der Waals surface area contributed by atoms with Crippen molar-refractivity contribution in [2.24, 2.45) is 0 Å². The number of rotatable bonds is 32. The molecule has 337 valence electrons. The van der Waals surface area contributed by atoms with E-state index in [9.17, 15) is 78.6 Å². The molecule has 1 radical (unpaired) electrons. The van der Waals surface area contributed by atoms with Gasteiger partial charge in [0, 0.05) is 74.0 Å². The van der Waals surface area contributed by atoms with Crippen LogP contribution in [0.4, 0.5) is 0 Å². The molecule has 0 aromatic rings. The Morgan fingerprint density at radius 2 is 0.623 bits per heavy atom. The maximum absolute atomic E-state index is 11.5. The first-order valence-corrected chi connectivity index (χ1v) is 17.8. The van der Waals surface area contributed by atoms with Crippen LogP contribution in [0.15, 0.2) is 0 Å². The van der Waals surface area contributed by atoms with Crippen molar-refractivity contribution >= 4 is 97.2 Å². The van der Waals surface area contributed by atoms with E-state index < -0.39 is 86.9 Å². The Kier molecular flexibility index (Phi) is 45.5. The van der Waals surface area contributed by atoms with Gasteiger partial charge in [0.2, 0.25) is 11.8 Å². The van der Waals surface area contributed by atoms with Crippen LogP contribution in [0, 0.1) is 39.9 Å². The molecule has 4 amide bonds. The average molecular weight is 1060 g/mol. The fourth-order valence-corrected chi connectivity index (χ4v) is 5.11. The van der Waals surface area contributed by atoms with Gasteiger partial charge in [-0.1, -0.05) is 0 Å². The second-order valence-corrected chi connectivity index (χ2v) is 12.8. The van der Waals surface area contributed by atoms with Crippen molar-refractivity contribution in [2.75, 3.05) is 146 Å². The second kappa shape index (κ2) is 40.8. The third kappa shape index (κ3) is 41.8. The number of aliphatic carboxylic acids is 6. The molecule has 0 fully saturated rings. The fourth-order valence-electron chi connectivity index (χ4n) is 5.11. The van der Waals surface area contributed by atoms with Crippen LogP contribution in [0.3, 0.4) is 0 Å². The summed E-state index contributed by atoms with van der Waals surface area (Å²) in [5.41, 5.74) is 0. The Hall–Kier alpha value is -1.96. The minimum absolute atomic E-state index is 0. The third-order valence-corrected chi connectivity index (χ3v) is 8.04. The van der Waals surface area contributed by atoms with E-state index in [1.54, 1.807) is 0 Å². The van der Waals surface area contributed by atoms with Gasteiger partial charge in [-0.2, -0.15) is 0 Å². The van der Waals surface area contributed by atoms with Gasteiger partial charge in [-0.05, 0) is 0 Å². The number of quaternary nitrogens is 3. The van der Waals surface area contributed by atoms with E-state index in [0.29, 0.717) is 14.7 Å². The van der Waals surface area contributed by atoms with E-state index in [-0.39, 0.29) is 198 Å². The summed E-state index contributed by atoms with van der Waals surface area (Å²) >= 11 is 0. The van der Waals surface area contributed by atoms with Gasteiger partial charge in [-0.25, -0.2) is 0 Å². The third-order valence-electron chi connectivity index (χ3n) is 8.04. The Balaban J connectivity index is -0.000000327. The van der Waals surface area contributed by atoms with E-state index >= 15 is 0 Å². The van der Waals surface area contributed by atoms with Crippen molar-refractivity contribution in [3.8, 4) is 0 Å². The van der Waals surface area contributed by atoms with Gasteiger partial charge < -0.3 is 95.4 Å². The summed E-state index contributed by atoms with van der Waals surface area (Å²) in [6, 6.07) is 0. The summed E-state index contributed by atoms with van der Waals surface area (Å²) in [5, 5.41) is 74.9. The normalized spacial score (nSPS) is 11.7. The monoisotopic (exact) mass is 1060 g/mol. The van der Waals surface area contributed by atoms with Gasteiger partial charge in [0.1, 0.15) is 45.8 Å². The van der Waals surface area contributed by atoms with Crippen molar-refractivity contribution in [3.05, 3.63) is 0 Å². The number of carbonyl (C=O) groups excluding carboxylic acids is 10. The van der Waals surface area contributed by atoms with Crippen LogP contribution in [0.2, 0.25) is 0 Å². The fraction of sp³-hybridized carbons (Fsp3) is 0.688. The topological polar surface area (TPSA) is 380 Å². The van der Waals surface area contributed by atoms with E-state index in [1.807, 2.05) is 0 Å². The molecule has 0 saturated carbocycles. The Bertz CT molecular complexity index is 1210. The molecule has 0 aromatic carbocycles. The molecular weight excluding hydrogens is 1000 g/mol. The van der Waals surface area contributed by atoms with Crippen molar-refractivity contribution < 1.29 is 163 Å². The van der Waals surface area contributed by atoms with Crippen molar-refractivity contribution in [2.45, 2.75) is 0 Å². The van der Waals surface area contributed by atoms with Crippen LogP contribution in [-0.2, 0) is 47.9 Å². The minimum atomic E-state index is -1.40. The van der Waals surface area contributed by atoms with Crippen LogP contribution in [-0.4, -0.2) is 258 Å². The number of carboxylic acids is 6. The first kappa shape index (κ1) is 68.1. The van der Waals surface area contributed by atoms with Crippen LogP contribution < -0.4 is 96.2 Å². The Morgan fingerprint density at radius 1 is 0.377 bits per heavy atom. The number of carboxylic acid groups (broad SMARTS) is 6. The van der Waals surface area contributed by atoms with Gasteiger partial charge in [0.05, 0.1) is 48.9 Å². The summed E-state index contributed by atoms with van der Waals surface area (Å²) in [6.45, 7) is -2.63. The molecule has 61 heavy (non-hydrogen) atoms. The number of hydrogen-bond acceptors (Lipinski definition) is 19. The minimum Gasteiger partial charge on any atom is -0.549 e. The Morgan fingerprint density at radius 3 is 0.885 bits per heavy atom. The maximum Gasteiger partial charge on any atom is 3.00 e. The molecule has 26 nitrogen and oxygen atoms in total. The van der Waals surface area contributed by atoms with Crippen LogP contribution in [0.5, 0.6) is 0 Å². The zero-order valence-electron chi connectivity index (χ0n) is 35.2. The number of amides is 4. The molecular formula is C32H55CaGdN10NaO16+3. The smallest absolute Gasteiger partial charge is 0.549 e. The molecule has 0 spiro atoms. The summed E-state index contributed by atoms with van der Waals surface area (Å²) in [4.78, 5) is 117. The number of nitrogens with one attached hydrogen (secondary N) is 7. The zero-order valence-corrected chi connectivity index (χ0v) is 41.6. The van der Waals surface area contributed by atoms with Crippen LogP contribution in [0.1, 0.15) is 0 Å². The van der Waals surface area contributed by atoms with Crippen molar-refractivity contribution in [3.63, 3.8) is 0 Å². The molecule has 0 aliphatic heterocycles. The van der Waals surface area contributed by atoms with E-state index in [2.05, 4.69) is 21.3 Å². The zero-order chi connectivity index (χ0) is 44.8. The maximum atomic E-state index is 11.5. The van der Waals surface area contributed by atoms with Gasteiger partial charge in [-0.15, -0.1) is 0 Å². The largest absolute Gasteiger partial charge is 3.00 e. The summed E-state index contributed by atoms with van der Waals surface area (Å²) < 4.78 is 0. The van der Waals surface area contributed by atoms with Gasteiger partial charge >= 0.3 is 107 Å². The molecule has 29 heteroatoms. The molecule has 0 aromatic heterocycles. The van der Waals surface area contributed by atoms with E-state index in [1.165, 1.54) is 42.9 Å². The molecule has 0 aliphatic rings. The van der Waals surface area contributed by atoms with Gasteiger partial charge in [0.15, 0.2) is 13.1 Å². The van der Waals surface area contributed by atoms with E-state index in [4.69, 9.17) is 0 Å². The van der Waals surface area contributed by atoms with Gasteiger partial charge in [0.25, 0.3) is 11.8 Å². The Labute approximate surface area is 437 Å². The molecule has 0 rings (SSSR count). The summed E-state index contributed by atoms with van der Waals surface area (Å²) in [5.74, 6) is -9.82. The number of likely N-dealkylation sites (N-methyl/N-ethyl adjacent to an activating group) is 4. The van der Waals surface area contributed by atoms with Crippen molar-refractivity contribution in [1.82, 2.24) is 36.0 Å². The van der Waals surface area contributed by atoms with E-state index in [0.717, 1.165) is 0 Å². The molecule has 2 atom stereocenters. The number of hydrogen-bond donors (Lipinski definition) is 7. The quantitative estimate of drug-likeness (QED) is 0.0308. The summed E-state index contributed by atoms with van der Waals surface area (Å²) in [7, 11) is 5.60. The molecule has 0 heterocycles. The predicted molar refractivity (Wildman–Crippen MR) is 188 cm³/mol. The van der Waals surface area contributed by atoms with Gasteiger partial charge in [-0.3, -0.25) is 33.9 Å². The summed E-state index contributed by atoms with van der Waals surface area (Å²) in [6.07, 6.45) is 0. The van der Waals surface area contributed by atoms with Crippen LogP contribution in [0.25, 0.3) is 0 Å².